The summed E-state index contributed by atoms with van der Waals surface area (Å²) in [6, 6.07) is 12.5. The van der Waals surface area contributed by atoms with E-state index >= 15 is 0 Å². The van der Waals surface area contributed by atoms with Crippen molar-refractivity contribution in [2.45, 2.75) is 19.1 Å². The Labute approximate surface area is 189 Å². The summed E-state index contributed by atoms with van der Waals surface area (Å²) in [7, 11) is 2.09. The molecule has 5 nitrogen and oxygen atoms in total. The fraction of sp³-hybridized carbons (Fsp3) is 0.348. The van der Waals surface area contributed by atoms with Crippen molar-refractivity contribution in [3.05, 3.63) is 76.1 Å². The van der Waals surface area contributed by atoms with Crippen LogP contribution in [0, 0.1) is 0 Å². The van der Waals surface area contributed by atoms with Gasteiger partial charge in [0.1, 0.15) is 0 Å². The van der Waals surface area contributed by atoms with Crippen LogP contribution in [0.3, 0.4) is 0 Å². The van der Waals surface area contributed by atoms with Crippen molar-refractivity contribution in [1.29, 1.82) is 0 Å². The van der Waals surface area contributed by atoms with Gasteiger partial charge in [0.2, 0.25) is 0 Å². The van der Waals surface area contributed by atoms with Gasteiger partial charge in [0.25, 0.3) is 0 Å². The molecule has 0 N–H and O–H groups in total. The second kappa shape index (κ2) is 9.52. The van der Waals surface area contributed by atoms with Gasteiger partial charge in [-0.1, -0.05) is 35.9 Å². The van der Waals surface area contributed by atoms with Crippen molar-refractivity contribution >= 4 is 11.6 Å². The van der Waals surface area contributed by atoms with Crippen LogP contribution < -0.4 is 0 Å². The number of nitrogens with zero attached hydrogens (tertiary/aromatic N) is 5. The largest absolute Gasteiger partial charge is 0.416 e. The third-order valence-electron chi connectivity index (χ3n) is 5.54. The first kappa shape index (κ1) is 22.6. The van der Waals surface area contributed by atoms with E-state index in [4.69, 9.17) is 11.6 Å². The van der Waals surface area contributed by atoms with Crippen molar-refractivity contribution < 1.29 is 13.2 Å². The molecule has 32 heavy (non-hydrogen) atoms. The molecule has 0 unspecified atom stereocenters. The van der Waals surface area contributed by atoms with Crippen LogP contribution in [-0.4, -0.2) is 58.2 Å². The predicted molar refractivity (Wildman–Crippen MR) is 117 cm³/mol. The second-order valence-electron chi connectivity index (χ2n) is 7.99. The van der Waals surface area contributed by atoms with Crippen LogP contribution >= 0.6 is 11.6 Å². The molecule has 0 amide bonds. The van der Waals surface area contributed by atoms with Crippen molar-refractivity contribution in [1.82, 2.24) is 25.0 Å². The Hall–Kier alpha value is -2.55. The first-order valence-electron chi connectivity index (χ1n) is 10.3. The Morgan fingerprint density at radius 3 is 2.34 bits per heavy atom. The highest BCUT2D eigenvalue weighted by Gasteiger charge is 2.30. The summed E-state index contributed by atoms with van der Waals surface area (Å²) in [6.07, 6.45) is -3.95. The molecule has 0 aliphatic carbocycles. The highest BCUT2D eigenvalue weighted by Crippen LogP contribution is 2.31. The number of halogens is 4. The van der Waals surface area contributed by atoms with Gasteiger partial charge >= 0.3 is 6.18 Å². The normalized spacial score (nSPS) is 15.8. The molecule has 1 aromatic heterocycles. The Balaban J connectivity index is 1.66. The number of piperazine rings is 1. The molecule has 2 aromatic carbocycles. The lowest BCUT2D eigenvalue weighted by Crippen LogP contribution is -2.44. The van der Waals surface area contributed by atoms with Gasteiger partial charge in [-0.3, -0.25) is 4.90 Å². The molecule has 1 aliphatic heterocycles. The van der Waals surface area contributed by atoms with Crippen molar-refractivity contribution in [2.75, 3.05) is 33.2 Å². The maximum Gasteiger partial charge on any atom is 0.416 e. The monoisotopic (exact) mass is 461 g/mol. The predicted octanol–water partition coefficient (Wildman–Crippen LogP) is 4.55. The minimum atomic E-state index is -4.43. The average molecular weight is 462 g/mol. The molecule has 0 atom stereocenters. The van der Waals surface area contributed by atoms with E-state index in [-0.39, 0.29) is 11.4 Å². The number of hydrogen-bond donors (Lipinski definition) is 0. The number of hydrogen-bond acceptors (Lipinski definition) is 5. The maximum absolute atomic E-state index is 13.2. The van der Waals surface area contributed by atoms with Crippen LogP contribution in [0.1, 0.15) is 22.5 Å². The summed E-state index contributed by atoms with van der Waals surface area (Å²) < 4.78 is 39.5. The molecule has 0 radical (unpaired) electrons. The van der Waals surface area contributed by atoms with E-state index in [2.05, 4.69) is 32.0 Å². The number of aromatic nitrogens is 3. The quantitative estimate of drug-likeness (QED) is 0.558. The molecule has 168 valence electrons. The molecule has 0 spiro atoms. The van der Waals surface area contributed by atoms with Crippen LogP contribution in [-0.2, 0) is 19.1 Å². The Morgan fingerprint density at radius 2 is 1.66 bits per heavy atom. The van der Waals surface area contributed by atoms with Crippen molar-refractivity contribution in [3.63, 3.8) is 0 Å². The standard InChI is InChI=1S/C23H23ClF3N5/c1-31-9-11-32(12-10-31)15-21-20(13-16-5-7-19(24)8-6-16)28-22(30-29-21)17-3-2-4-18(14-17)23(25,26)27/h2-8,14H,9-13,15H2,1H3. The smallest absolute Gasteiger partial charge is 0.304 e. The average Bonchev–Trinajstić information content (AvgIpc) is 2.77. The lowest BCUT2D eigenvalue weighted by Gasteiger charge is -2.32. The van der Waals surface area contributed by atoms with Crippen molar-refractivity contribution in [2.24, 2.45) is 0 Å². The lowest BCUT2D eigenvalue weighted by atomic mass is 10.1. The zero-order valence-corrected chi connectivity index (χ0v) is 18.4. The summed E-state index contributed by atoms with van der Waals surface area (Å²) in [5.41, 5.74) is 1.98. The fourth-order valence-corrected chi connectivity index (χ4v) is 3.74. The van der Waals surface area contributed by atoms with Gasteiger partial charge in [-0.2, -0.15) is 18.3 Å². The van der Waals surface area contributed by atoms with E-state index in [0.717, 1.165) is 49.6 Å². The molecule has 4 rings (SSSR count). The molecule has 1 fully saturated rings. The highest BCUT2D eigenvalue weighted by atomic mass is 35.5. The second-order valence-corrected chi connectivity index (χ2v) is 8.43. The van der Waals surface area contributed by atoms with E-state index in [9.17, 15) is 13.2 Å². The minimum absolute atomic E-state index is 0.183. The molecule has 1 aliphatic rings. The van der Waals surface area contributed by atoms with Crippen LogP contribution in [0.5, 0.6) is 0 Å². The molecule has 0 saturated carbocycles. The van der Waals surface area contributed by atoms with E-state index in [1.807, 2.05) is 12.1 Å². The molecule has 2 heterocycles. The number of rotatable bonds is 5. The topological polar surface area (TPSA) is 45.2 Å². The highest BCUT2D eigenvalue weighted by molar-refractivity contribution is 6.30. The SMILES string of the molecule is CN1CCN(Cc2nnc(-c3cccc(C(F)(F)F)c3)nc2Cc2ccc(Cl)cc2)CC1. The van der Waals surface area contributed by atoms with Gasteiger partial charge in [-0.05, 0) is 36.9 Å². The zero-order chi connectivity index (χ0) is 22.7. The van der Waals surface area contributed by atoms with Gasteiger partial charge in [0.05, 0.1) is 17.0 Å². The first-order chi connectivity index (χ1) is 15.3. The van der Waals surface area contributed by atoms with Crippen LogP contribution in [0.25, 0.3) is 11.4 Å². The zero-order valence-electron chi connectivity index (χ0n) is 17.6. The first-order valence-corrected chi connectivity index (χ1v) is 10.7. The van der Waals surface area contributed by atoms with Crippen LogP contribution in [0.15, 0.2) is 48.5 Å². The minimum Gasteiger partial charge on any atom is -0.304 e. The third kappa shape index (κ3) is 5.62. The number of benzene rings is 2. The van der Waals surface area contributed by atoms with Crippen LogP contribution in [0.2, 0.25) is 5.02 Å². The van der Waals surface area contributed by atoms with Gasteiger partial charge in [0, 0.05) is 49.7 Å². The van der Waals surface area contributed by atoms with Crippen molar-refractivity contribution in [3.8, 4) is 11.4 Å². The molecule has 1 saturated heterocycles. The Bertz CT molecular complexity index is 1060. The molecule has 0 bridgehead atoms. The summed E-state index contributed by atoms with van der Waals surface area (Å²) in [5, 5.41) is 9.22. The third-order valence-corrected chi connectivity index (χ3v) is 5.79. The number of alkyl halides is 3. The number of likely N-dealkylation sites (N-methyl/N-ethyl adjacent to an activating group) is 1. The van der Waals surface area contributed by atoms with E-state index in [1.54, 1.807) is 18.2 Å². The fourth-order valence-electron chi connectivity index (χ4n) is 3.61. The molecular weight excluding hydrogens is 439 g/mol. The Morgan fingerprint density at radius 1 is 0.938 bits per heavy atom. The summed E-state index contributed by atoms with van der Waals surface area (Å²) >= 11 is 6.00. The summed E-state index contributed by atoms with van der Waals surface area (Å²) in [5.74, 6) is 0.183. The summed E-state index contributed by atoms with van der Waals surface area (Å²) in [6.45, 7) is 4.35. The molecule has 9 heteroatoms. The van der Waals surface area contributed by atoms with Gasteiger partial charge in [0.15, 0.2) is 5.82 Å². The van der Waals surface area contributed by atoms with Gasteiger partial charge in [-0.15, -0.1) is 5.10 Å². The van der Waals surface area contributed by atoms with E-state index < -0.39 is 11.7 Å². The maximum atomic E-state index is 13.2. The molecular formula is C23H23ClF3N5. The van der Waals surface area contributed by atoms with Crippen LogP contribution in [0.4, 0.5) is 13.2 Å². The Kier molecular flexibility index (Phi) is 6.74. The van der Waals surface area contributed by atoms with Gasteiger partial charge < -0.3 is 4.90 Å². The van der Waals surface area contributed by atoms with E-state index in [1.165, 1.54) is 6.07 Å². The lowest BCUT2D eigenvalue weighted by molar-refractivity contribution is -0.137. The summed E-state index contributed by atoms with van der Waals surface area (Å²) in [4.78, 5) is 9.22. The molecule has 3 aromatic rings. The van der Waals surface area contributed by atoms with E-state index in [0.29, 0.717) is 23.7 Å². The van der Waals surface area contributed by atoms with Gasteiger partial charge in [-0.25, -0.2) is 4.98 Å².